The van der Waals surface area contributed by atoms with Crippen molar-refractivity contribution in [2.24, 2.45) is 5.84 Å². The molecule has 1 aliphatic rings. The Morgan fingerprint density at radius 3 is 2.93 bits per heavy atom. The molecule has 1 fully saturated rings. The minimum Gasteiger partial charge on any atom is -0.353 e. The van der Waals surface area contributed by atoms with Gasteiger partial charge in [0.25, 0.3) is 0 Å². The molecule has 0 aliphatic heterocycles. The summed E-state index contributed by atoms with van der Waals surface area (Å²) in [6.07, 6.45) is 4.22. The van der Waals surface area contributed by atoms with Crippen LogP contribution in [0.2, 0.25) is 0 Å². The van der Waals surface area contributed by atoms with E-state index in [4.69, 9.17) is 5.84 Å². The van der Waals surface area contributed by atoms with Crippen molar-refractivity contribution < 1.29 is 0 Å². The topological polar surface area (TPSA) is 67.1 Å². The number of rotatable bonds is 4. The van der Waals surface area contributed by atoms with Gasteiger partial charge in [-0.3, -0.25) is 5.43 Å². The van der Waals surface area contributed by atoms with Crippen LogP contribution >= 0.6 is 15.9 Å². The summed E-state index contributed by atoms with van der Waals surface area (Å²) in [6.45, 7) is 3.08. The zero-order valence-corrected chi connectivity index (χ0v) is 10.2. The summed E-state index contributed by atoms with van der Waals surface area (Å²) in [5, 5.41) is 0. The van der Waals surface area contributed by atoms with Gasteiger partial charge in [-0.2, -0.15) is 4.98 Å². The molecule has 0 amide bonds. The number of nitrogens with two attached hydrogens (primary N) is 1. The van der Waals surface area contributed by atoms with E-state index in [1.165, 1.54) is 12.8 Å². The number of nitrogens with zero attached hydrogens (tertiary/aromatic N) is 3. The Morgan fingerprint density at radius 2 is 2.40 bits per heavy atom. The highest BCUT2D eigenvalue weighted by molar-refractivity contribution is 9.10. The predicted molar refractivity (Wildman–Crippen MR) is 63.6 cm³/mol. The molecule has 1 aromatic rings. The number of hydrogen-bond donors (Lipinski definition) is 2. The third kappa shape index (κ3) is 2.21. The summed E-state index contributed by atoms with van der Waals surface area (Å²) in [7, 11) is 0. The summed E-state index contributed by atoms with van der Waals surface area (Å²) in [5.41, 5.74) is 2.46. The zero-order chi connectivity index (χ0) is 10.8. The van der Waals surface area contributed by atoms with Gasteiger partial charge in [0.15, 0.2) is 0 Å². The molecule has 5 nitrogen and oxygen atoms in total. The smallest absolute Gasteiger partial charge is 0.239 e. The number of nitrogens with one attached hydrogen (secondary N) is 1. The predicted octanol–water partition coefficient (Wildman–Crippen LogP) is 1.51. The van der Waals surface area contributed by atoms with Crippen molar-refractivity contribution >= 4 is 27.7 Å². The fourth-order valence-corrected chi connectivity index (χ4v) is 2.01. The Hall–Kier alpha value is -0.880. The maximum atomic E-state index is 5.29. The molecule has 0 radical (unpaired) electrons. The van der Waals surface area contributed by atoms with Crippen LogP contribution in [0.3, 0.4) is 0 Å². The molecule has 1 saturated carbocycles. The molecule has 82 valence electrons. The van der Waals surface area contributed by atoms with Crippen molar-refractivity contribution in [1.29, 1.82) is 0 Å². The van der Waals surface area contributed by atoms with Crippen molar-refractivity contribution in [1.82, 2.24) is 9.97 Å². The van der Waals surface area contributed by atoms with E-state index in [9.17, 15) is 0 Å². The molecule has 1 aliphatic carbocycles. The summed E-state index contributed by atoms with van der Waals surface area (Å²) >= 11 is 3.46. The van der Waals surface area contributed by atoms with Crippen LogP contribution in [0.1, 0.15) is 19.8 Å². The SMILES string of the molecule is CCN(c1nc(NN)ncc1Br)C1CC1. The highest BCUT2D eigenvalue weighted by atomic mass is 79.9. The second-order valence-electron chi connectivity index (χ2n) is 3.53. The summed E-state index contributed by atoms with van der Waals surface area (Å²) in [6, 6.07) is 0.631. The average Bonchev–Trinajstić information content (AvgIpc) is 3.06. The minimum atomic E-state index is 0.451. The number of hydrazine groups is 1. The van der Waals surface area contributed by atoms with E-state index in [1.54, 1.807) is 6.20 Å². The molecule has 2 rings (SSSR count). The lowest BCUT2D eigenvalue weighted by molar-refractivity contribution is 0.802. The lowest BCUT2D eigenvalue weighted by atomic mass is 10.4. The van der Waals surface area contributed by atoms with Crippen molar-refractivity contribution in [2.45, 2.75) is 25.8 Å². The highest BCUT2D eigenvalue weighted by Crippen LogP contribution is 2.34. The van der Waals surface area contributed by atoms with Gasteiger partial charge in [0, 0.05) is 18.8 Å². The third-order valence-electron chi connectivity index (χ3n) is 2.46. The van der Waals surface area contributed by atoms with Gasteiger partial charge in [-0.15, -0.1) is 0 Å². The Labute approximate surface area is 97.2 Å². The monoisotopic (exact) mass is 271 g/mol. The normalized spacial score (nSPS) is 15.1. The molecule has 6 heteroatoms. The molecule has 0 atom stereocenters. The van der Waals surface area contributed by atoms with Crippen LogP contribution in [-0.4, -0.2) is 22.6 Å². The number of nitrogen functional groups attached to an aromatic ring is 1. The van der Waals surface area contributed by atoms with Crippen LogP contribution in [0.25, 0.3) is 0 Å². The van der Waals surface area contributed by atoms with E-state index >= 15 is 0 Å². The summed E-state index contributed by atoms with van der Waals surface area (Å²) < 4.78 is 0.912. The maximum absolute atomic E-state index is 5.29. The highest BCUT2D eigenvalue weighted by Gasteiger charge is 2.30. The number of halogens is 1. The van der Waals surface area contributed by atoms with Crippen LogP contribution in [0, 0.1) is 0 Å². The van der Waals surface area contributed by atoms with Gasteiger partial charge in [-0.1, -0.05) is 0 Å². The van der Waals surface area contributed by atoms with E-state index in [2.05, 4.69) is 43.1 Å². The lowest BCUT2D eigenvalue weighted by Gasteiger charge is -2.22. The second kappa shape index (κ2) is 4.32. The maximum Gasteiger partial charge on any atom is 0.239 e. The summed E-state index contributed by atoms with van der Waals surface area (Å²) in [4.78, 5) is 10.7. The van der Waals surface area contributed by atoms with E-state index in [-0.39, 0.29) is 0 Å². The van der Waals surface area contributed by atoms with Crippen molar-refractivity contribution in [3.05, 3.63) is 10.7 Å². The molecule has 0 spiro atoms. The first-order valence-corrected chi connectivity index (χ1v) is 5.81. The number of anilines is 2. The van der Waals surface area contributed by atoms with E-state index in [1.807, 2.05) is 0 Å². The fraction of sp³-hybridized carbons (Fsp3) is 0.556. The first-order chi connectivity index (χ1) is 7.26. The van der Waals surface area contributed by atoms with Crippen LogP contribution in [0.15, 0.2) is 10.7 Å². The zero-order valence-electron chi connectivity index (χ0n) is 8.57. The molecule has 0 bridgehead atoms. The number of aromatic nitrogens is 2. The fourth-order valence-electron chi connectivity index (χ4n) is 1.60. The van der Waals surface area contributed by atoms with Gasteiger partial charge >= 0.3 is 0 Å². The molecule has 15 heavy (non-hydrogen) atoms. The number of hydrogen-bond acceptors (Lipinski definition) is 5. The Morgan fingerprint density at radius 1 is 1.67 bits per heavy atom. The molecule has 0 aromatic carbocycles. The largest absolute Gasteiger partial charge is 0.353 e. The van der Waals surface area contributed by atoms with Crippen LogP contribution in [-0.2, 0) is 0 Å². The summed E-state index contributed by atoms with van der Waals surface area (Å²) in [5.74, 6) is 6.66. The van der Waals surface area contributed by atoms with Gasteiger partial charge in [0.05, 0.1) is 4.47 Å². The second-order valence-corrected chi connectivity index (χ2v) is 4.38. The van der Waals surface area contributed by atoms with Crippen LogP contribution in [0.4, 0.5) is 11.8 Å². The Bertz CT molecular complexity index is 352. The van der Waals surface area contributed by atoms with E-state index < -0.39 is 0 Å². The van der Waals surface area contributed by atoms with Crippen molar-refractivity contribution in [3.8, 4) is 0 Å². The van der Waals surface area contributed by atoms with Gasteiger partial charge in [-0.05, 0) is 35.7 Å². The quantitative estimate of drug-likeness (QED) is 0.642. The standard InChI is InChI=1S/C9H14BrN5/c1-2-15(6-3-4-6)8-7(10)5-12-9(13-8)14-11/h5-6H,2-4,11H2,1H3,(H,12,13,14). The van der Waals surface area contributed by atoms with Crippen LogP contribution < -0.4 is 16.2 Å². The van der Waals surface area contributed by atoms with Crippen LogP contribution in [0.5, 0.6) is 0 Å². The Kier molecular flexibility index (Phi) is 3.06. The molecule has 0 saturated heterocycles. The molecule has 3 N–H and O–H groups in total. The van der Waals surface area contributed by atoms with Gasteiger partial charge < -0.3 is 4.90 Å². The molecule has 0 unspecified atom stereocenters. The lowest BCUT2D eigenvalue weighted by Crippen LogP contribution is -2.27. The van der Waals surface area contributed by atoms with E-state index in [0.717, 1.165) is 16.8 Å². The van der Waals surface area contributed by atoms with Gasteiger partial charge in [0.2, 0.25) is 5.95 Å². The van der Waals surface area contributed by atoms with Gasteiger partial charge in [0.1, 0.15) is 5.82 Å². The van der Waals surface area contributed by atoms with E-state index in [0.29, 0.717) is 12.0 Å². The Balaban J connectivity index is 2.31. The first-order valence-electron chi connectivity index (χ1n) is 5.02. The third-order valence-corrected chi connectivity index (χ3v) is 3.01. The van der Waals surface area contributed by atoms with Crippen molar-refractivity contribution in [2.75, 3.05) is 16.9 Å². The molecular weight excluding hydrogens is 258 g/mol. The first kappa shape index (κ1) is 10.6. The molecule has 1 heterocycles. The van der Waals surface area contributed by atoms with Gasteiger partial charge in [-0.25, -0.2) is 10.8 Å². The molecular formula is C9H14BrN5. The average molecular weight is 272 g/mol. The minimum absolute atomic E-state index is 0.451. The van der Waals surface area contributed by atoms with Crippen molar-refractivity contribution in [3.63, 3.8) is 0 Å². The molecule has 1 aromatic heterocycles.